The van der Waals surface area contributed by atoms with Gasteiger partial charge in [-0.3, -0.25) is 0 Å². The van der Waals surface area contributed by atoms with Gasteiger partial charge in [0.15, 0.2) is 0 Å². The van der Waals surface area contributed by atoms with E-state index in [1.54, 1.807) is 24.4 Å². The topological polar surface area (TPSA) is 51.2 Å². The SMILES string of the molecule is O=C(Oc1ccc2c(c1)NCCC2)c1ccccn1. The van der Waals surface area contributed by atoms with E-state index in [1.165, 1.54) is 5.56 Å². The first-order valence-electron chi connectivity index (χ1n) is 6.33. The minimum Gasteiger partial charge on any atom is -0.422 e. The molecule has 0 saturated carbocycles. The van der Waals surface area contributed by atoms with Crippen LogP contribution in [0, 0.1) is 0 Å². The molecule has 0 unspecified atom stereocenters. The zero-order valence-corrected chi connectivity index (χ0v) is 10.4. The summed E-state index contributed by atoms with van der Waals surface area (Å²) in [5, 5.41) is 3.31. The van der Waals surface area contributed by atoms with Gasteiger partial charge in [0.05, 0.1) is 0 Å². The summed E-state index contributed by atoms with van der Waals surface area (Å²) in [7, 11) is 0. The van der Waals surface area contributed by atoms with Crippen LogP contribution in [0.1, 0.15) is 22.5 Å². The maximum absolute atomic E-state index is 11.9. The van der Waals surface area contributed by atoms with Gasteiger partial charge in [-0.25, -0.2) is 9.78 Å². The van der Waals surface area contributed by atoms with Crippen molar-refractivity contribution in [1.82, 2.24) is 4.98 Å². The van der Waals surface area contributed by atoms with Crippen LogP contribution < -0.4 is 10.1 Å². The van der Waals surface area contributed by atoms with Crippen molar-refractivity contribution < 1.29 is 9.53 Å². The van der Waals surface area contributed by atoms with Gasteiger partial charge in [0.2, 0.25) is 0 Å². The lowest BCUT2D eigenvalue weighted by molar-refractivity contribution is 0.0728. The lowest BCUT2D eigenvalue weighted by Crippen LogP contribution is -2.13. The van der Waals surface area contributed by atoms with Crippen LogP contribution in [0.4, 0.5) is 5.69 Å². The van der Waals surface area contributed by atoms with Gasteiger partial charge in [-0.1, -0.05) is 12.1 Å². The molecular weight excluding hydrogens is 240 g/mol. The number of ether oxygens (including phenoxy) is 1. The normalized spacial score (nSPS) is 13.3. The lowest BCUT2D eigenvalue weighted by Gasteiger charge is -2.18. The number of benzene rings is 1. The van der Waals surface area contributed by atoms with Crippen molar-refractivity contribution >= 4 is 11.7 Å². The van der Waals surface area contributed by atoms with Gasteiger partial charge in [0.1, 0.15) is 11.4 Å². The molecule has 0 saturated heterocycles. The van der Waals surface area contributed by atoms with E-state index in [2.05, 4.69) is 10.3 Å². The summed E-state index contributed by atoms with van der Waals surface area (Å²) in [6.07, 6.45) is 3.78. The lowest BCUT2D eigenvalue weighted by atomic mass is 10.0. The highest BCUT2D eigenvalue weighted by molar-refractivity contribution is 5.89. The second-order valence-corrected chi connectivity index (χ2v) is 4.45. The van der Waals surface area contributed by atoms with E-state index in [0.717, 1.165) is 25.1 Å². The molecule has 1 N–H and O–H groups in total. The molecule has 96 valence electrons. The molecule has 1 aromatic heterocycles. The summed E-state index contributed by atoms with van der Waals surface area (Å²) in [5.74, 6) is 0.111. The predicted molar refractivity (Wildman–Crippen MR) is 72.4 cm³/mol. The number of esters is 1. The van der Waals surface area contributed by atoms with Gasteiger partial charge in [0, 0.05) is 24.5 Å². The third-order valence-electron chi connectivity index (χ3n) is 3.10. The molecule has 0 amide bonds. The standard InChI is InChI=1S/C15H14N2O2/c18-15(13-5-1-2-8-16-13)19-12-7-6-11-4-3-9-17-14(11)10-12/h1-2,5-8,10,17H,3-4,9H2. The van der Waals surface area contributed by atoms with Crippen molar-refractivity contribution in [3.63, 3.8) is 0 Å². The molecule has 0 bridgehead atoms. The Bertz CT molecular complexity index is 596. The molecule has 2 heterocycles. The minimum atomic E-state index is -0.434. The number of nitrogens with zero attached hydrogens (tertiary/aromatic N) is 1. The second kappa shape index (κ2) is 5.10. The van der Waals surface area contributed by atoms with E-state index in [-0.39, 0.29) is 0 Å². The first kappa shape index (κ1) is 11.7. The van der Waals surface area contributed by atoms with Gasteiger partial charge in [0.25, 0.3) is 0 Å². The number of hydrogen-bond donors (Lipinski definition) is 1. The number of fused-ring (bicyclic) bond motifs is 1. The summed E-state index contributed by atoms with van der Waals surface area (Å²) >= 11 is 0. The number of carbonyl (C=O) groups is 1. The van der Waals surface area contributed by atoms with Gasteiger partial charge in [-0.2, -0.15) is 0 Å². The smallest absolute Gasteiger partial charge is 0.362 e. The number of rotatable bonds is 2. The third-order valence-corrected chi connectivity index (χ3v) is 3.10. The Morgan fingerprint density at radius 2 is 2.21 bits per heavy atom. The summed E-state index contributed by atoms with van der Waals surface area (Å²) in [6, 6.07) is 10.9. The number of aryl methyl sites for hydroxylation is 1. The third kappa shape index (κ3) is 2.57. The van der Waals surface area contributed by atoms with Gasteiger partial charge in [-0.05, 0) is 36.6 Å². The predicted octanol–water partition coefficient (Wildman–Crippen LogP) is 2.66. The largest absolute Gasteiger partial charge is 0.422 e. The Morgan fingerprint density at radius 1 is 1.26 bits per heavy atom. The van der Waals surface area contributed by atoms with Crippen molar-refractivity contribution in [2.75, 3.05) is 11.9 Å². The van der Waals surface area contributed by atoms with Crippen molar-refractivity contribution in [1.29, 1.82) is 0 Å². The van der Waals surface area contributed by atoms with Crippen LogP contribution in [0.15, 0.2) is 42.6 Å². The molecule has 19 heavy (non-hydrogen) atoms. The first-order chi connectivity index (χ1) is 9.33. The van der Waals surface area contributed by atoms with E-state index in [4.69, 9.17) is 4.74 Å². The fourth-order valence-electron chi connectivity index (χ4n) is 2.15. The van der Waals surface area contributed by atoms with Crippen LogP contribution in [0.25, 0.3) is 0 Å². The molecule has 1 aliphatic rings. The van der Waals surface area contributed by atoms with E-state index in [9.17, 15) is 4.79 Å². The van der Waals surface area contributed by atoms with E-state index >= 15 is 0 Å². The number of pyridine rings is 1. The van der Waals surface area contributed by atoms with E-state index in [0.29, 0.717) is 11.4 Å². The van der Waals surface area contributed by atoms with Gasteiger partial charge in [-0.15, -0.1) is 0 Å². The van der Waals surface area contributed by atoms with Crippen molar-refractivity contribution in [2.24, 2.45) is 0 Å². The van der Waals surface area contributed by atoms with Crippen molar-refractivity contribution in [2.45, 2.75) is 12.8 Å². The fraction of sp³-hybridized carbons (Fsp3) is 0.200. The molecule has 1 aromatic carbocycles. The van der Waals surface area contributed by atoms with Crippen LogP contribution >= 0.6 is 0 Å². The van der Waals surface area contributed by atoms with Crippen LogP contribution in [-0.4, -0.2) is 17.5 Å². The molecule has 2 aromatic rings. The highest BCUT2D eigenvalue weighted by atomic mass is 16.5. The molecule has 1 aliphatic heterocycles. The quantitative estimate of drug-likeness (QED) is 0.661. The molecule has 0 spiro atoms. The highest BCUT2D eigenvalue weighted by Crippen LogP contribution is 2.26. The Hall–Kier alpha value is -2.36. The molecule has 0 aliphatic carbocycles. The average Bonchev–Trinajstić information content (AvgIpc) is 2.48. The van der Waals surface area contributed by atoms with Crippen LogP contribution in [-0.2, 0) is 6.42 Å². The van der Waals surface area contributed by atoms with Crippen molar-refractivity contribution in [3.8, 4) is 5.75 Å². The van der Waals surface area contributed by atoms with Gasteiger partial charge < -0.3 is 10.1 Å². The summed E-state index contributed by atoms with van der Waals surface area (Å²) in [5.41, 5.74) is 2.63. The van der Waals surface area contributed by atoms with Crippen LogP contribution in [0.2, 0.25) is 0 Å². The first-order valence-corrected chi connectivity index (χ1v) is 6.33. The minimum absolute atomic E-state index is 0.313. The number of carbonyl (C=O) groups excluding carboxylic acids is 1. The number of aromatic nitrogens is 1. The number of anilines is 1. The zero-order valence-electron chi connectivity index (χ0n) is 10.4. The fourth-order valence-corrected chi connectivity index (χ4v) is 2.15. The Balaban J connectivity index is 1.78. The van der Waals surface area contributed by atoms with E-state index in [1.807, 2.05) is 18.2 Å². The summed E-state index contributed by atoms with van der Waals surface area (Å²) in [4.78, 5) is 15.8. The Labute approximate surface area is 111 Å². The van der Waals surface area contributed by atoms with Crippen LogP contribution in [0.5, 0.6) is 5.75 Å². The Morgan fingerprint density at radius 3 is 3.05 bits per heavy atom. The number of hydrogen-bond acceptors (Lipinski definition) is 4. The monoisotopic (exact) mass is 254 g/mol. The Kier molecular flexibility index (Phi) is 3.14. The molecule has 0 radical (unpaired) electrons. The highest BCUT2D eigenvalue weighted by Gasteiger charge is 2.13. The van der Waals surface area contributed by atoms with E-state index < -0.39 is 5.97 Å². The molecular formula is C15H14N2O2. The molecule has 0 fully saturated rings. The maximum Gasteiger partial charge on any atom is 0.362 e. The second-order valence-electron chi connectivity index (χ2n) is 4.45. The molecule has 4 heteroatoms. The molecule has 4 nitrogen and oxygen atoms in total. The summed E-state index contributed by atoms with van der Waals surface area (Å²) < 4.78 is 5.33. The molecule has 0 atom stereocenters. The van der Waals surface area contributed by atoms with Crippen molar-refractivity contribution in [3.05, 3.63) is 53.9 Å². The van der Waals surface area contributed by atoms with Gasteiger partial charge >= 0.3 is 5.97 Å². The summed E-state index contributed by atoms with van der Waals surface area (Å²) in [6.45, 7) is 0.963. The zero-order chi connectivity index (χ0) is 13.1. The average molecular weight is 254 g/mol. The van der Waals surface area contributed by atoms with Crippen LogP contribution in [0.3, 0.4) is 0 Å². The number of nitrogens with one attached hydrogen (secondary N) is 1. The maximum atomic E-state index is 11.9. The molecule has 3 rings (SSSR count).